The molecule has 22 heavy (non-hydrogen) atoms. The molecule has 0 unspecified atom stereocenters. The first-order chi connectivity index (χ1) is 10.6. The monoisotopic (exact) mass is 305 g/mol. The molecule has 0 bridgehead atoms. The van der Waals surface area contributed by atoms with E-state index in [1.54, 1.807) is 12.1 Å². The molecule has 0 saturated heterocycles. The van der Waals surface area contributed by atoms with Crippen LogP contribution in [0.5, 0.6) is 5.75 Å². The molecule has 1 aromatic carbocycles. The summed E-state index contributed by atoms with van der Waals surface area (Å²) in [4.78, 5) is 16.0. The minimum atomic E-state index is -0.432. The van der Waals surface area contributed by atoms with E-state index in [0.717, 1.165) is 18.0 Å². The van der Waals surface area contributed by atoms with Crippen molar-refractivity contribution in [1.29, 1.82) is 0 Å². The summed E-state index contributed by atoms with van der Waals surface area (Å²) in [5.41, 5.74) is 7.11. The van der Waals surface area contributed by atoms with E-state index in [0.29, 0.717) is 23.8 Å². The molecule has 1 saturated carbocycles. The van der Waals surface area contributed by atoms with Crippen LogP contribution in [0.1, 0.15) is 35.2 Å². The highest BCUT2D eigenvalue weighted by atomic mass is 16.5. The number of esters is 1. The fourth-order valence-electron chi connectivity index (χ4n) is 2.30. The van der Waals surface area contributed by atoms with Crippen LogP contribution < -0.4 is 15.8 Å². The Morgan fingerprint density at radius 3 is 2.77 bits per heavy atom. The third kappa shape index (κ3) is 4.13. The normalized spacial score (nSPS) is 15.1. The largest absolute Gasteiger partial charge is 0.496 e. The van der Waals surface area contributed by atoms with Gasteiger partial charge in [0.05, 0.1) is 20.8 Å². The van der Waals surface area contributed by atoms with E-state index in [4.69, 9.17) is 15.2 Å². The average Bonchev–Trinajstić information content (AvgIpc) is 2.50. The zero-order valence-corrected chi connectivity index (χ0v) is 13.1. The molecular weight excluding hydrogens is 282 g/mol. The van der Waals surface area contributed by atoms with Gasteiger partial charge in [0.25, 0.3) is 0 Å². The number of rotatable bonds is 6. The lowest BCUT2D eigenvalue weighted by atomic mass is 9.85. The maximum absolute atomic E-state index is 11.7. The lowest BCUT2D eigenvalue weighted by Crippen LogP contribution is -2.37. The Balaban J connectivity index is 1.97. The second-order valence-electron chi connectivity index (χ2n) is 5.41. The number of hydrogen-bond donors (Lipinski definition) is 2. The van der Waals surface area contributed by atoms with E-state index >= 15 is 0 Å². The Morgan fingerprint density at radius 1 is 1.41 bits per heavy atom. The van der Waals surface area contributed by atoms with Crippen molar-refractivity contribution in [3.05, 3.63) is 29.3 Å². The first kappa shape index (κ1) is 16.1. The smallest absolute Gasteiger partial charge is 0.341 e. The first-order valence-electron chi connectivity index (χ1n) is 7.43. The Kier molecular flexibility index (Phi) is 5.63. The molecule has 0 heterocycles. The van der Waals surface area contributed by atoms with Gasteiger partial charge in [-0.05, 0) is 36.5 Å². The molecule has 6 nitrogen and oxygen atoms in total. The van der Waals surface area contributed by atoms with E-state index in [-0.39, 0.29) is 0 Å². The standard InChI is InChI=1S/C16H23N3O3/c1-21-14-7-6-12(8-13(14)15(20)22-2)10-19-16(17)18-9-11-4-3-5-11/h6-8,11H,3-5,9-10H2,1-2H3,(H3,17,18,19). The number of hydrogen-bond acceptors (Lipinski definition) is 4. The van der Waals surface area contributed by atoms with Gasteiger partial charge in [-0.2, -0.15) is 0 Å². The Labute approximate surface area is 130 Å². The van der Waals surface area contributed by atoms with Gasteiger partial charge in [-0.25, -0.2) is 9.79 Å². The highest BCUT2D eigenvalue weighted by Gasteiger charge is 2.17. The number of nitrogens with one attached hydrogen (secondary N) is 1. The van der Waals surface area contributed by atoms with Crippen molar-refractivity contribution < 1.29 is 14.3 Å². The Bertz CT molecular complexity index is 554. The van der Waals surface area contributed by atoms with Gasteiger partial charge in [-0.15, -0.1) is 0 Å². The van der Waals surface area contributed by atoms with E-state index in [2.05, 4.69) is 10.3 Å². The van der Waals surface area contributed by atoms with Crippen molar-refractivity contribution in [2.75, 3.05) is 20.8 Å². The molecule has 0 aliphatic heterocycles. The molecule has 1 aliphatic carbocycles. The van der Waals surface area contributed by atoms with Crippen LogP contribution >= 0.6 is 0 Å². The highest BCUT2D eigenvalue weighted by molar-refractivity contribution is 5.92. The van der Waals surface area contributed by atoms with E-state index in [1.807, 2.05) is 6.07 Å². The minimum Gasteiger partial charge on any atom is -0.496 e. The molecule has 0 radical (unpaired) electrons. The summed E-state index contributed by atoms with van der Waals surface area (Å²) in [7, 11) is 2.86. The number of methoxy groups -OCH3 is 2. The van der Waals surface area contributed by atoms with Crippen LogP contribution in [0, 0.1) is 5.92 Å². The summed E-state index contributed by atoms with van der Waals surface area (Å²) in [5, 5.41) is 3.14. The van der Waals surface area contributed by atoms with Gasteiger partial charge in [0.1, 0.15) is 11.3 Å². The topological polar surface area (TPSA) is 85.9 Å². The van der Waals surface area contributed by atoms with Crippen molar-refractivity contribution in [2.24, 2.45) is 16.6 Å². The van der Waals surface area contributed by atoms with Crippen molar-refractivity contribution in [1.82, 2.24) is 5.32 Å². The molecule has 1 aromatic rings. The van der Waals surface area contributed by atoms with Crippen LogP contribution in [0.2, 0.25) is 0 Å². The number of guanidine groups is 1. The van der Waals surface area contributed by atoms with Crippen LogP contribution in [0.4, 0.5) is 0 Å². The first-order valence-corrected chi connectivity index (χ1v) is 7.43. The summed E-state index contributed by atoms with van der Waals surface area (Å²) in [5.74, 6) is 1.21. The van der Waals surface area contributed by atoms with Crippen LogP contribution in [-0.2, 0) is 11.3 Å². The summed E-state index contributed by atoms with van der Waals surface area (Å²) in [6.07, 6.45) is 3.84. The summed E-state index contributed by atoms with van der Waals surface area (Å²) >= 11 is 0. The van der Waals surface area contributed by atoms with Gasteiger partial charge >= 0.3 is 5.97 Å². The second kappa shape index (κ2) is 7.68. The fourth-order valence-corrected chi connectivity index (χ4v) is 2.30. The van der Waals surface area contributed by atoms with Crippen LogP contribution in [-0.4, -0.2) is 32.7 Å². The molecule has 1 fully saturated rings. The molecule has 1 aliphatic rings. The molecule has 0 spiro atoms. The summed E-state index contributed by atoms with van der Waals surface area (Å²) in [6.45, 7) is 1.28. The van der Waals surface area contributed by atoms with Crippen molar-refractivity contribution in [3.8, 4) is 5.75 Å². The van der Waals surface area contributed by atoms with Crippen LogP contribution in [0.15, 0.2) is 23.2 Å². The quantitative estimate of drug-likeness (QED) is 0.474. The molecule has 6 heteroatoms. The lowest BCUT2D eigenvalue weighted by molar-refractivity contribution is 0.0597. The number of nitrogens with zero attached hydrogens (tertiary/aromatic N) is 1. The molecule has 0 amide bonds. The van der Waals surface area contributed by atoms with Gasteiger partial charge in [-0.1, -0.05) is 12.5 Å². The number of carbonyl (C=O) groups is 1. The molecule has 0 aromatic heterocycles. The zero-order valence-electron chi connectivity index (χ0n) is 13.1. The summed E-state index contributed by atoms with van der Waals surface area (Å²) < 4.78 is 9.91. The number of nitrogens with two attached hydrogens (primary N) is 1. The van der Waals surface area contributed by atoms with Gasteiger partial charge < -0.3 is 20.5 Å². The minimum absolute atomic E-state index is 0.388. The zero-order chi connectivity index (χ0) is 15.9. The third-order valence-electron chi connectivity index (χ3n) is 3.90. The Morgan fingerprint density at radius 2 is 2.18 bits per heavy atom. The molecular formula is C16H23N3O3. The Hall–Kier alpha value is -2.24. The van der Waals surface area contributed by atoms with Crippen LogP contribution in [0.3, 0.4) is 0 Å². The second-order valence-corrected chi connectivity index (χ2v) is 5.41. The number of ether oxygens (including phenoxy) is 2. The number of benzene rings is 1. The van der Waals surface area contributed by atoms with Crippen LogP contribution in [0.25, 0.3) is 0 Å². The average molecular weight is 305 g/mol. The third-order valence-corrected chi connectivity index (χ3v) is 3.90. The van der Waals surface area contributed by atoms with Gasteiger partial charge in [0, 0.05) is 6.54 Å². The summed E-state index contributed by atoms with van der Waals surface area (Å²) in [6, 6.07) is 5.30. The van der Waals surface area contributed by atoms with E-state index in [9.17, 15) is 4.79 Å². The highest BCUT2D eigenvalue weighted by Crippen LogP contribution is 2.25. The number of aliphatic imine (C=N–C) groups is 1. The van der Waals surface area contributed by atoms with Gasteiger partial charge in [-0.3, -0.25) is 0 Å². The molecule has 120 valence electrons. The molecule has 2 rings (SSSR count). The van der Waals surface area contributed by atoms with E-state index in [1.165, 1.54) is 33.5 Å². The van der Waals surface area contributed by atoms with Crippen molar-refractivity contribution in [3.63, 3.8) is 0 Å². The number of carbonyl (C=O) groups excluding carboxylic acids is 1. The van der Waals surface area contributed by atoms with Gasteiger partial charge in [0.15, 0.2) is 5.96 Å². The molecule has 3 N–H and O–H groups in total. The maximum Gasteiger partial charge on any atom is 0.341 e. The maximum atomic E-state index is 11.7. The van der Waals surface area contributed by atoms with Crippen molar-refractivity contribution in [2.45, 2.75) is 25.8 Å². The fraction of sp³-hybridized carbons (Fsp3) is 0.500. The predicted molar refractivity (Wildman–Crippen MR) is 85.0 cm³/mol. The van der Waals surface area contributed by atoms with E-state index < -0.39 is 5.97 Å². The predicted octanol–water partition coefficient (Wildman–Crippen LogP) is 1.69. The van der Waals surface area contributed by atoms with Gasteiger partial charge in [0.2, 0.25) is 0 Å². The lowest BCUT2D eigenvalue weighted by Gasteiger charge is -2.25. The SMILES string of the molecule is COC(=O)c1cc(CN=C(N)NCC2CCC2)ccc1OC. The molecule has 0 atom stereocenters. The van der Waals surface area contributed by atoms with Crippen molar-refractivity contribution >= 4 is 11.9 Å².